The molecule has 1 aromatic carbocycles. The summed E-state index contributed by atoms with van der Waals surface area (Å²) < 4.78 is 49.0. The molecular formula is C24H24F2N8O2S. The number of rotatable bonds is 6. The molecule has 0 unspecified atom stereocenters. The minimum atomic E-state index is -1.53. The molecule has 1 atom stereocenters. The fourth-order valence-corrected chi connectivity index (χ4v) is 5.33. The van der Waals surface area contributed by atoms with E-state index in [4.69, 9.17) is 10.2 Å². The van der Waals surface area contributed by atoms with E-state index < -0.39 is 22.8 Å². The number of anilines is 2. The third kappa shape index (κ3) is 4.28. The first kappa shape index (κ1) is 23.7. The average molecular weight is 527 g/mol. The van der Waals surface area contributed by atoms with E-state index in [1.165, 1.54) is 12.3 Å². The first-order chi connectivity index (χ1) is 17.9. The fraction of sp³-hybridized carbons (Fsp3) is 0.292. The number of halogens is 2. The molecule has 5 heterocycles. The Kier molecular flexibility index (Phi) is 5.97. The predicted molar refractivity (Wildman–Crippen MR) is 136 cm³/mol. The van der Waals surface area contributed by atoms with Crippen LogP contribution in [-0.4, -0.2) is 72.8 Å². The molecule has 0 spiro atoms. The summed E-state index contributed by atoms with van der Waals surface area (Å²) in [6.07, 6.45) is 4.74. The van der Waals surface area contributed by atoms with Gasteiger partial charge in [0.1, 0.15) is 17.8 Å². The number of hydrogen-bond donors (Lipinski definition) is 1. The topological polar surface area (TPSA) is 117 Å². The molecule has 192 valence electrons. The van der Waals surface area contributed by atoms with Crippen molar-refractivity contribution in [2.24, 2.45) is 0 Å². The molecule has 4 aromatic heterocycles. The summed E-state index contributed by atoms with van der Waals surface area (Å²) in [5, 5.41) is 9.88. The molecule has 0 radical (unpaired) electrons. The van der Waals surface area contributed by atoms with Crippen LogP contribution in [0.25, 0.3) is 28.0 Å². The van der Waals surface area contributed by atoms with E-state index >= 15 is 0 Å². The zero-order chi connectivity index (χ0) is 25.7. The number of aromatic nitrogens is 5. The van der Waals surface area contributed by atoms with Crippen LogP contribution >= 0.6 is 0 Å². The molecule has 6 rings (SSSR count). The van der Waals surface area contributed by atoms with Crippen LogP contribution in [0.3, 0.4) is 0 Å². The number of fused-ring (bicyclic) bond motifs is 3. The van der Waals surface area contributed by atoms with Crippen molar-refractivity contribution in [1.82, 2.24) is 29.3 Å². The Balaban J connectivity index is 1.15. The van der Waals surface area contributed by atoms with Crippen molar-refractivity contribution in [3.63, 3.8) is 0 Å². The third-order valence-corrected chi connectivity index (χ3v) is 7.59. The van der Waals surface area contributed by atoms with Crippen molar-refractivity contribution in [3.05, 3.63) is 54.4 Å². The normalized spacial score (nSPS) is 15.7. The van der Waals surface area contributed by atoms with E-state index in [0.29, 0.717) is 56.4 Å². The minimum Gasteiger partial charge on any atom is -0.612 e. The Morgan fingerprint density at radius 2 is 1.92 bits per heavy atom. The van der Waals surface area contributed by atoms with Gasteiger partial charge in [-0.05, 0) is 29.4 Å². The fourth-order valence-electron chi connectivity index (χ4n) is 4.72. The molecule has 0 amide bonds. The number of benzene rings is 1. The van der Waals surface area contributed by atoms with Gasteiger partial charge in [-0.25, -0.2) is 13.5 Å². The maximum Gasteiger partial charge on any atom is 0.223 e. The summed E-state index contributed by atoms with van der Waals surface area (Å²) in [5.41, 5.74) is 8.61. The Morgan fingerprint density at radius 1 is 1.11 bits per heavy atom. The van der Waals surface area contributed by atoms with E-state index in [-0.39, 0.29) is 16.5 Å². The van der Waals surface area contributed by atoms with Crippen LogP contribution < -0.4 is 10.6 Å². The number of nitrogen functional groups attached to an aromatic ring is 1. The Morgan fingerprint density at radius 3 is 2.65 bits per heavy atom. The highest BCUT2D eigenvalue weighted by molar-refractivity contribution is 7.90. The maximum atomic E-state index is 14.4. The smallest absolute Gasteiger partial charge is 0.223 e. The minimum absolute atomic E-state index is 0.0136. The van der Waals surface area contributed by atoms with E-state index in [1.54, 1.807) is 23.0 Å². The second-order valence-corrected chi connectivity index (χ2v) is 10.2. The molecular weight excluding hydrogens is 502 g/mol. The van der Waals surface area contributed by atoms with E-state index in [1.807, 2.05) is 21.7 Å². The van der Waals surface area contributed by atoms with Gasteiger partial charge >= 0.3 is 0 Å². The first-order valence-electron chi connectivity index (χ1n) is 11.7. The summed E-state index contributed by atoms with van der Waals surface area (Å²) >= 11 is -1.53. The van der Waals surface area contributed by atoms with Crippen LogP contribution in [0.5, 0.6) is 0 Å². The summed E-state index contributed by atoms with van der Waals surface area (Å²) in [6, 6.07) is 7.71. The Bertz CT molecular complexity index is 1580. The largest absolute Gasteiger partial charge is 0.612 e. The van der Waals surface area contributed by atoms with Crippen molar-refractivity contribution in [1.29, 1.82) is 0 Å². The van der Waals surface area contributed by atoms with Crippen molar-refractivity contribution in [3.8, 4) is 11.5 Å². The van der Waals surface area contributed by atoms with Crippen LogP contribution in [0.2, 0.25) is 0 Å². The molecule has 5 aromatic rings. The average Bonchev–Trinajstić information content (AvgIpc) is 3.63. The van der Waals surface area contributed by atoms with Crippen molar-refractivity contribution >= 4 is 39.4 Å². The summed E-state index contributed by atoms with van der Waals surface area (Å²) in [6.45, 7) is 3.81. The third-order valence-electron chi connectivity index (χ3n) is 6.66. The number of nitrogens with two attached hydrogens (primary N) is 1. The molecule has 0 aliphatic carbocycles. The quantitative estimate of drug-likeness (QED) is 0.336. The highest BCUT2D eigenvalue weighted by Gasteiger charge is 2.24. The summed E-state index contributed by atoms with van der Waals surface area (Å²) in [7, 11) is 0. The molecule has 2 N–H and O–H groups in total. The molecule has 1 aliphatic heterocycles. The first-order valence-corrected chi connectivity index (χ1v) is 13.3. The zero-order valence-electron chi connectivity index (χ0n) is 20.0. The van der Waals surface area contributed by atoms with Gasteiger partial charge in [-0.15, -0.1) is 0 Å². The van der Waals surface area contributed by atoms with Crippen LogP contribution in [-0.2, 0) is 17.7 Å². The Labute approximate surface area is 213 Å². The summed E-state index contributed by atoms with van der Waals surface area (Å²) in [5.74, 6) is -0.535. The maximum absolute atomic E-state index is 14.4. The SMILES string of the molecule is C[S@+]([O-])c1cc(N2CCN(CCn3ncc4c3nc(N)n3nc(-c5ccco5)cc43)CC2)c(F)cc1F. The molecule has 0 saturated carbocycles. The van der Waals surface area contributed by atoms with Crippen molar-refractivity contribution < 1.29 is 17.8 Å². The van der Waals surface area contributed by atoms with Gasteiger partial charge in [0.25, 0.3) is 0 Å². The molecule has 37 heavy (non-hydrogen) atoms. The molecule has 1 saturated heterocycles. The molecule has 13 heteroatoms. The summed E-state index contributed by atoms with van der Waals surface area (Å²) in [4.78, 5) is 8.66. The second kappa shape index (κ2) is 9.32. The van der Waals surface area contributed by atoms with Crippen LogP contribution in [0.1, 0.15) is 0 Å². The number of piperazine rings is 1. The highest BCUT2D eigenvalue weighted by Crippen LogP contribution is 2.28. The van der Waals surface area contributed by atoms with Gasteiger partial charge in [-0.2, -0.15) is 19.7 Å². The predicted octanol–water partition coefficient (Wildman–Crippen LogP) is 2.76. The number of hydrogen-bond acceptors (Lipinski definition) is 8. The van der Waals surface area contributed by atoms with Gasteiger partial charge in [0.2, 0.25) is 5.95 Å². The van der Waals surface area contributed by atoms with Gasteiger partial charge in [-0.3, -0.25) is 4.90 Å². The number of nitrogens with zero attached hydrogens (tertiary/aromatic N) is 7. The lowest BCUT2D eigenvalue weighted by Crippen LogP contribution is -2.47. The van der Waals surface area contributed by atoms with Crippen molar-refractivity contribution in [2.75, 3.05) is 49.6 Å². The monoisotopic (exact) mass is 526 g/mol. The lowest BCUT2D eigenvalue weighted by atomic mass is 10.2. The molecule has 10 nitrogen and oxygen atoms in total. The van der Waals surface area contributed by atoms with Crippen molar-refractivity contribution in [2.45, 2.75) is 11.4 Å². The molecule has 1 fully saturated rings. The molecule has 1 aliphatic rings. The van der Waals surface area contributed by atoms with E-state index in [9.17, 15) is 13.3 Å². The van der Waals surface area contributed by atoms with Gasteiger partial charge in [0, 0.05) is 44.9 Å². The van der Waals surface area contributed by atoms with E-state index in [2.05, 4.69) is 20.1 Å². The van der Waals surface area contributed by atoms with Crippen LogP contribution in [0.4, 0.5) is 20.4 Å². The van der Waals surface area contributed by atoms with Gasteiger partial charge in [0.15, 0.2) is 22.1 Å². The van der Waals surface area contributed by atoms with E-state index in [0.717, 1.165) is 17.0 Å². The van der Waals surface area contributed by atoms with Crippen LogP contribution in [0, 0.1) is 11.6 Å². The number of furan rings is 1. The molecule has 0 bridgehead atoms. The Hall–Kier alpha value is -3.68. The zero-order valence-corrected chi connectivity index (χ0v) is 20.8. The standard InChI is InChI=1S/C24H24F2N8O2S/c1-37(35)22-13-20(16(25)11-17(22)26)32-7-4-31(5-8-32)6-9-33-23-15(14-28-33)19-12-18(21-3-2-10-36-21)30-34(19)24(27)29-23/h2-3,10-14H,4-9H2,1H3,(H2,27,29)/t37-/m0/s1. The second-order valence-electron chi connectivity index (χ2n) is 8.90. The van der Waals surface area contributed by atoms with Gasteiger partial charge < -0.3 is 19.6 Å². The lowest BCUT2D eigenvalue weighted by molar-refractivity contribution is 0.245. The van der Waals surface area contributed by atoms with Gasteiger partial charge in [-0.1, -0.05) is 0 Å². The lowest BCUT2D eigenvalue weighted by Gasteiger charge is -2.36. The van der Waals surface area contributed by atoms with Crippen LogP contribution in [0.15, 0.2) is 52.1 Å². The van der Waals surface area contributed by atoms with Gasteiger partial charge in [0.05, 0.1) is 35.6 Å². The highest BCUT2D eigenvalue weighted by atomic mass is 32.2.